The molecule has 188 valence electrons. The number of hydrogen-bond donors (Lipinski definition) is 0. The number of imide groups is 1. The van der Waals surface area contributed by atoms with E-state index in [1.54, 1.807) is 46.2 Å². The molecule has 1 fully saturated rings. The Balaban J connectivity index is 1.36. The first kappa shape index (κ1) is 23.6. The summed E-state index contributed by atoms with van der Waals surface area (Å²) >= 11 is 0. The van der Waals surface area contributed by atoms with E-state index in [9.17, 15) is 19.2 Å². The molecule has 38 heavy (non-hydrogen) atoms. The summed E-state index contributed by atoms with van der Waals surface area (Å²) in [6.45, 7) is -0.0983. The van der Waals surface area contributed by atoms with Gasteiger partial charge in [0.25, 0.3) is 11.8 Å². The Hall–Kier alpha value is -4.77. The molecule has 0 radical (unpaired) electrons. The average Bonchev–Trinajstić information content (AvgIpc) is 3.49. The molecule has 2 atom stereocenters. The summed E-state index contributed by atoms with van der Waals surface area (Å²) in [5, 5.41) is 9.13. The zero-order chi connectivity index (χ0) is 26.4. The second-order valence-corrected chi connectivity index (χ2v) is 9.83. The summed E-state index contributed by atoms with van der Waals surface area (Å²) in [7, 11) is 0. The number of nitrogens with zero attached hydrogens (tertiary/aromatic N) is 4. The van der Waals surface area contributed by atoms with Gasteiger partial charge in [0.05, 0.1) is 46.6 Å². The zero-order valence-corrected chi connectivity index (χ0v) is 20.5. The van der Waals surface area contributed by atoms with E-state index in [0.717, 1.165) is 16.9 Å². The highest BCUT2D eigenvalue weighted by molar-refractivity contribution is 6.23. The maximum atomic E-state index is 13.9. The first-order chi connectivity index (χ1) is 18.5. The Morgan fingerprint density at radius 3 is 2.11 bits per heavy atom. The van der Waals surface area contributed by atoms with Gasteiger partial charge < -0.3 is 9.80 Å². The van der Waals surface area contributed by atoms with Gasteiger partial charge in [-0.1, -0.05) is 42.8 Å². The Morgan fingerprint density at radius 2 is 1.45 bits per heavy atom. The van der Waals surface area contributed by atoms with Gasteiger partial charge >= 0.3 is 0 Å². The molecule has 0 spiro atoms. The van der Waals surface area contributed by atoms with Gasteiger partial charge in [0.15, 0.2) is 0 Å². The monoisotopic (exact) mass is 504 g/mol. The summed E-state index contributed by atoms with van der Waals surface area (Å²) in [5.74, 6) is -1.81. The van der Waals surface area contributed by atoms with Crippen LogP contribution in [0.25, 0.3) is 0 Å². The molecule has 8 nitrogen and oxygen atoms in total. The van der Waals surface area contributed by atoms with E-state index in [4.69, 9.17) is 5.26 Å². The molecule has 8 heteroatoms. The molecule has 0 aromatic heterocycles. The maximum absolute atomic E-state index is 13.9. The van der Waals surface area contributed by atoms with Crippen LogP contribution in [-0.4, -0.2) is 41.1 Å². The number of rotatable bonds is 4. The summed E-state index contributed by atoms with van der Waals surface area (Å²) in [5.41, 5.74) is 3.19. The normalized spacial score (nSPS) is 20.1. The average molecular weight is 505 g/mol. The lowest BCUT2D eigenvalue weighted by Gasteiger charge is -2.31. The third-order valence-electron chi connectivity index (χ3n) is 7.69. The van der Waals surface area contributed by atoms with E-state index in [1.165, 1.54) is 0 Å². The number of benzene rings is 3. The molecule has 0 N–H and O–H groups in total. The van der Waals surface area contributed by atoms with E-state index < -0.39 is 30.2 Å². The predicted octanol–water partition coefficient (Wildman–Crippen LogP) is 3.90. The zero-order valence-electron chi connectivity index (χ0n) is 20.5. The molecule has 2 aliphatic heterocycles. The van der Waals surface area contributed by atoms with Crippen LogP contribution in [0.4, 0.5) is 11.4 Å². The van der Waals surface area contributed by atoms with Gasteiger partial charge in [-0.15, -0.1) is 0 Å². The minimum Gasteiger partial charge on any atom is -0.306 e. The first-order valence-electron chi connectivity index (χ1n) is 12.6. The van der Waals surface area contributed by atoms with Crippen molar-refractivity contribution in [3.05, 3.63) is 95.1 Å². The minimum absolute atomic E-state index is 0.0552. The first-order valence-corrected chi connectivity index (χ1v) is 12.6. The minimum atomic E-state index is -0.483. The number of fused-ring (bicyclic) bond motifs is 3. The Labute approximate surface area is 219 Å². The van der Waals surface area contributed by atoms with Crippen molar-refractivity contribution < 1.29 is 19.2 Å². The van der Waals surface area contributed by atoms with Gasteiger partial charge in [0.2, 0.25) is 11.8 Å². The summed E-state index contributed by atoms with van der Waals surface area (Å²) in [6.07, 6.45) is 2.10. The Kier molecular flexibility index (Phi) is 5.76. The molecule has 3 aliphatic rings. The molecule has 0 saturated heterocycles. The smallest absolute Gasteiger partial charge is 0.262 e. The molecule has 4 amide bonds. The molecule has 6 rings (SSSR count). The van der Waals surface area contributed by atoms with Crippen molar-refractivity contribution in [2.24, 2.45) is 5.92 Å². The summed E-state index contributed by atoms with van der Waals surface area (Å²) < 4.78 is 0. The van der Waals surface area contributed by atoms with Crippen LogP contribution < -0.4 is 9.80 Å². The molecular formula is C30H24N4O4. The van der Waals surface area contributed by atoms with Gasteiger partial charge in [0, 0.05) is 6.04 Å². The fourth-order valence-corrected chi connectivity index (χ4v) is 5.88. The van der Waals surface area contributed by atoms with Gasteiger partial charge in [-0.2, -0.15) is 5.26 Å². The number of carbonyl (C=O) groups is 4. The largest absolute Gasteiger partial charge is 0.306 e. The number of amides is 4. The second kappa shape index (κ2) is 9.27. The van der Waals surface area contributed by atoms with Gasteiger partial charge in [-0.05, 0) is 54.8 Å². The van der Waals surface area contributed by atoms with Crippen molar-refractivity contribution in [1.82, 2.24) is 4.90 Å². The highest BCUT2D eigenvalue weighted by Crippen LogP contribution is 2.43. The molecule has 3 aromatic rings. The molecule has 0 bridgehead atoms. The maximum Gasteiger partial charge on any atom is 0.262 e. The standard InChI is InChI=1S/C30H24N4O4/c31-16-19-12-14-20(15-13-19)17-32-25-9-3-4-10-26(25)34(24-11-5-8-23(24)30(32)38)27(35)18-33-28(36)21-6-1-2-7-22(21)29(33)37/h1-4,6-7,9-10,12-15,23-24H,5,8,11,17-18H2. The lowest BCUT2D eigenvalue weighted by atomic mass is 10.0. The number of hydrogen-bond acceptors (Lipinski definition) is 5. The van der Waals surface area contributed by atoms with Crippen LogP contribution in [0, 0.1) is 17.2 Å². The summed E-state index contributed by atoms with van der Waals surface area (Å²) in [4.78, 5) is 58.1. The van der Waals surface area contributed by atoms with Crippen LogP contribution in [0.2, 0.25) is 0 Å². The highest BCUT2D eigenvalue weighted by atomic mass is 16.2. The molecular weight excluding hydrogens is 480 g/mol. The van der Waals surface area contributed by atoms with Crippen molar-refractivity contribution >= 4 is 35.0 Å². The predicted molar refractivity (Wildman–Crippen MR) is 139 cm³/mol. The number of anilines is 2. The lowest BCUT2D eigenvalue weighted by molar-refractivity contribution is -0.123. The van der Waals surface area contributed by atoms with Crippen LogP contribution in [-0.2, 0) is 16.1 Å². The van der Waals surface area contributed by atoms with Gasteiger partial charge in [-0.25, -0.2) is 0 Å². The van der Waals surface area contributed by atoms with Crippen molar-refractivity contribution in [3.8, 4) is 6.07 Å². The third kappa shape index (κ3) is 3.75. The third-order valence-corrected chi connectivity index (χ3v) is 7.69. The lowest BCUT2D eigenvalue weighted by Crippen LogP contribution is -2.49. The molecule has 2 unspecified atom stereocenters. The van der Waals surface area contributed by atoms with Crippen LogP contribution in [0.5, 0.6) is 0 Å². The van der Waals surface area contributed by atoms with E-state index in [2.05, 4.69) is 6.07 Å². The second-order valence-electron chi connectivity index (χ2n) is 9.83. The number of para-hydroxylation sites is 2. The summed E-state index contributed by atoms with van der Waals surface area (Å²) in [6, 6.07) is 22.7. The van der Waals surface area contributed by atoms with Crippen LogP contribution >= 0.6 is 0 Å². The molecule has 1 aliphatic carbocycles. The fourth-order valence-electron chi connectivity index (χ4n) is 5.88. The van der Waals surface area contributed by atoms with Crippen molar-refractivity contribution in [3.63, 3.8) is 0 Å². The highest BCUT2D eigenvalue weighted by Gasteiger charge is 2.46. The van der Waals surface area contributed by atoms with E-state index in [1.807, 2.05) is 36.4 Å². The quantitative estimate of drug-likeness (QED) is 0.502. The van der Waals surface area contributed by atoms with E-state index in [0.29, 0.717) is 47.5 Å². The van der Waals surface area contributed by atoms with Gasteiger partial charge in [-0.3, -0.25) is 24.1 Å². The SMILES string of the molecule is N#Cc1ccc(CN2C(=O)C3CCCC3N(C(=O)CN3C(=O)c4ccccc4C3=O)c3ccccc32)cc1. The van der Waals surface area contributed by atoms with E-state index in [-0.39, 0.29) is 11.9 Å². The fraction of sp³-hybridized carbons (Fsp3) is 0.233. The molecule has 1 saturated carbocycles. The van der Waals surface area contributed by atoms with Crippen LogP contribution in [0.1, 0.15) is 51.1 Å². The van der Waals surface area contributed by atoms with Gasteiger partial charge in [0.1, 0.15) is 6.54 Å². The van der Waals surface area contributed by atoms with E-state index >= 15 is 0 Å². The number of nitriles is 1. The molecule has 2 heterocycles. The van der Waals surface area contributed by atoms with Crippen LogP contribution in [0.3, 0.4) is 0 Å². The molecule has 3 aromatic carbocycles. The van der Waals surface area contributed by atoms with Crippen LogP contribution in [0.15, 0.2) is 72.8 Å². The topological polar surface area (TPSA) is 102 Å². The number of carbonyl (C=O) groups excluding carboxylic acids is 4. The van der Waals surface area contributed by atoms with Crippen molar-refractivity contribution in [2.75, 3.05) is 16.3 Å². The Bertz CT molecular complexity index is 1490. The Morgan fingerprint density at radius 1 is 0.816 bits per heavy atom. The van der Waals surface area contributed by atoms with Crippen molar-refractivity contribution in [2.45, 2.75) is 31.8 Å². The van der Waals surface area contributed by atoms with Crippen molar-refractivity contribution in [1.29, 1.82) is 5.26 Å².